The van der Waals surface area contributed by atoms with Gasteiger partial charge in [0, 0.05) is 19.8 Å². The van der Waals surface area contributed by atoms with Crippen molar-refractivity contribution >= 4 is 5.69 Å². The molecule has 1 N–H and O–H groups in total. The van der Waals surface area contributed by atoms with Crippen molar-refractivity contribution in [2.24, 2.45) is 7.05 Å². The van der Waals surface area contributed by atoms with Crippen molar-refractivity contribution in [3.05, 3.63) is 11.9 Å². The second-order valence-corrected chi connectivity index (χ2v) is 3.09. The third-order valence-corrected chi connectivity index (χ3v) is 1.74. The number of nitrogens with zero attached hydrogens (tertiary/aromatic N) is 2. The Kier molecular flexibility index (Phi) is 3.03. The number of nitrogens with one attached hydrogen (secondary N) is 1. The number of hydrogen-bond acceptors (Lipinski definition) is 2. The molecule has 0 unspecified atom stereocenters. The van der Waals surface area contributed by atoms with Gasteiger partial charge in [-0.15, -0.1) is 0 Å². The van der Waals surface area contributed by atoms with Gasteiger partial charge in [0.15, 0.2) is 0 Å². The first kappa shape index (κ1) is 10.9. The highest BCUT2D eigenvalue weighted by Crippen LogP contribution is 2.20. The highest BCUT2D eigenvalue weighted by atomic mass is 19.4. The molecule has 0 aliphatic carbocycles. The summed E-state index contributed by atoms with van der Waals surface area (Å²) in [6.45, 7) is 1.63. The average Bonchev–Trinajstić information content (AvgIpc) is 2.27. The van der Waals surface area contributed by atoms with Crippen molar-refractivity contribution in [3.63, 3.8) is 0 Å². The molecule has 1 aromatic heterocycles. The van der Waals surface area contributed by atoms with Crippen molar-refractivity contribution in [2.75, 3.05) is 11.9 Å². The van der Waals surface area contributed by atoms with E-state index in [0.717, 1.165) is 0 Å². The lowest BCUT2D eigenvalue weighted by molar-refractivity contribution is -0.131. The average molecular weight is 207 g/mol. The summed E-state index contributed by atoms with van der Waals surface area (Å²) in [5.74, 6) is 0. The third-order valence-electron chi connectivity index (χ3n) is 1.74. The highest BCUT2D eigenvalue weighted by Gasteiger charge is 2.26. The maximum atomic E-state index is 11.8. The molecule has 0 aliphatic rings. The minimum Gasteiger partial charge on any atom is -0.382 e. The molecule has 6 heteroatoms. The maximum absolute atomic E-state index is 11.8. The number of aryl methyl sites for hydroxylation is 2. The fraction of sp³-hybridized carbons (Fsp3) is 0.625. The first-order chi connectivity index (χ1) is 6.38. The van der Waals surface area contributed by atoms with E-state index < -0.39 is 12.6 Å². The molecule has 3 nitrogen and oxygen atoms in total. The molecular formula is C8H12F3N3. The van der Waals surface area contributed by atoms with E-state index in [-0.39, 0.29) is 6.54 Å². The molecular weight excluding hydrogens is 195 g/mol. The van der Waals surface area contributed by atoms with Gasteiger partial charge in [-0.3, -0.25) is 4.68 Å². The van der Waals surface area contributed by atoms with Gasteiger partial charge in [0.2, 0.25) is 0 Å². The van der Waals surface area contributed by atoms with Crippen LogP contribution in [0.2, 0.25) is 0 Å². The molecule has 0 aliphatic heterocycles. The second-order valence-electron chi connectivity index (χ2n) is 3.09. The number of aromatic nitrogens is 2. The Hall–Kier alpha value is -1.20. The third kappa shape index (κ3) is 3.27. The molecule has 0 atom stereocenters. The van der Waals surface area contributed by atoms with Crippen LogP contribution < -0.4 is 5.32 Å². The minimum absolute atomic E-state index is 0.115. The zero-order valence-electron chi connectivity index (χ0n) is 8.02. The van der Waals surface area contributed by atoms with Crippen LogP contribution >= 0.6 is 0 Å². The molecule has 80 valence electrons. The summed E-state index contributed by atoms with van der Waals surface area (Å²) in [5, 5.41) is 6.69. The minimum atomic E-state index is -4.11. The number of anilines is 1. The summed E-state index contributed by atoms with van der Waals surface area (Å²) in [6, 6.07) is 0. The van der Waals surface area contributed by atoms with E-state index in [1.807, 2.05) is 0 Å². The number of alkyl halides is 3. The molecule has 1 rings (SSSR count). The highest BCUT2D eigenvalue weighted by molar-refractivity contribution is 5.45. The number of halogens is 3. The van der Waals surface area contributed by atoms with Crippen LogP contribution in [0.25, 0.3) is 0 Å². The molecule has 0 bridgehead atoms. The fourth-order valence-corrected chi connectivity index (χ4v) is 1.11. The summed E-state index contributed by atoms with van der Waals surface area (Å²) in [4.78, 5) is 0. The van der Waals surface area contributed by atoms with Crippen LogP contribution in [-0.4, -0.2) is 22.5 Å². The van der Waals surface area contributed by atoms with Gasteiger partial charge in [-0.25, -0.2) is 0 Å². The molecule has 0 radical (unpaired) electrons. The zero-order chi connectivity index (χ0) is 10.8. The Morgan fingerprint density at radius 3 is 2.57 bits per heavy atom. The molecule has 1 aromatic rings. The first-order valence-corrected chi connectivity index (χ1v) is 4.19. The van der Waals surface area contributed by atoms with Crippen molar-refractivity contribution in [3.8, 4) is 0 Å². The Labute approximate surface area is 79.9 Å². The molecule has 0 spiro atoms. The van der Waals surface area contributed by atoms with Crippen molar-refractivity contribution in [1.82, 2.24) is 9.78 Å². The van der Waals surface area contributed by atoms with E-state index in [0.29, 0.717) is 11.4 Å². The maximum Gasteiger partial charge on any atom is 0.390 e. The van der Waals surface area contributed by atoms with Crippen molar-refractivity contribution < 1.29 is 13.2 Å². The predicted octanol–water partition coefficient (Wildman–Crippen LogP) is 2.09. The van der Waals surface area contributed by atoms with Crippen molar-refractivity contribution in [2.45, 2.75) is 19.5 Å². The summed E-state index contributed by atoms with van der Waals surface area (Å²) in [7, 11) is 1.72. The predicted molar refractivity (Wildman–Crippen MR) is 47.1 cm³/mol. The summed E-state index contributed by atoms with van der Waals surface area (Å²) in [6.07, 6.45) is -3.28. The van der Waals surface area contributed by atoms with Gasteiger partial charge in [0.1, 0.15) is 0 Å². The first-order valence-electron chi connectivity index (χ1n) is 4.19. The zero-order valence-corrected chi connectivity index (χ0v) is 8.02. The van der Waals surface area contributed by atoms with Gasteiger partial charge in [0.05, 0.1) is 17.8 Å². The van der Waals surface area contributed by atoms with Crippen LogP contribution in [0.4, 0.5) is 18.9 Å². The van der Waals surface area contributed by atoms with Crippen LogP contribution in [-0.2, 0) is 7.05 Å². The largest absolute Gasteiger partial charge is 0.390 e. The molecule has 1 heterocycles. The molecule has 0 fully saturated rings. The standard InChI is InChI=1S/C8H12F3N3/c1-6-7(5-14(2)13-6)12-4-3-8(9,10)11/h5,12H,3-4H2,1-2H3. The Bertz CT molecular complexity index is 303. The van der Waals surface area contributed by atoms with Gasteiger partial charge >= 0.3 is 6.18 Å². The van der Waals surface area contributed by atoms with Crippen LogP contribution in [0.3, 0.4) is 0 Å². The molecule has 14 heavy (non-hydrogen) atoms. The monoisotopic (exact) mass is 207 g/mol. The summed E-state index contributed by atoms with van der Waals surface area (Å²) >= 11 is 0. The SMILES string of the molecule is Cc1nn(C)cc1NCCC(F)(F)F. The molecule has 0 saturated heterocycles. The molecule has 0 saturated carbocycles. The van der Waals surface area contributed by atoms with E-state index in [9.17, 15) is 13.2 Å². The van der Waals surface area contributed by atoms with Crippen LogP contribution in [0, 0.1) is 6.92 Å². The second kappa shape index (κ2) is 3.89. The lowest BCUT2D eigenvalue weighted by Crippen LogP contribution is -2.14. The van der Waals surface area contributed by atoms with E-state index in [2.05, 4.69) is 10.4 Å². The Morgan fingerprint density at radius 2 is 2.14 bits per heavy atom. The molecule has 0 aromatic carbocycles. The van der Waals surface area contributed by atoms with E-state index in [1.54, 1.807) is 24.9 Å². The van der Waals surface area contributed by atoms with Crippen LogP contribution in [0.1, 0.15) is 12.1 Å². The normalized spacial score (nSPS) is 11.8. The summed E-state index contributed by atoms with van der Waals surface area (Å²) < 4.78 is 37.0. The number of rotatable bonds is 3. The van der Waals surface area contributed by atoms with Crippen LogP contribution in [0.15, 0.2) is 6.20 Å². The fourth-order valence-electron chi connectivity index (χ4n) is 1.11. The Morgan fingerprint density at radius 1 is 1.50 bits per heavy atom. The van der Waals surface area contributed by atoms with Crippen molar-refractivity contribution in [1.29, 1.82) is 0 Å². The van der Waals surface area contributed by atoms with Gasteiger partial charge in [-0.2, -0.15) is 18.3 Å². The topological polar surface area (TPSA) is 29.9 Å². The van der Waals surface area contributed by atoms with E-state index in [4.69, 9.17) is 0 Å². The lowest BCUT2D eigenvalue weighted by atomic mass is 10.3. The molecule has 0 amide bonds. The van der Waals surface area contributed by atoms with Gasteiger partial charge in [0.25, 0.3) is 0 Å². The Balaban J connectivity index is 2.42. The van der Waals surface area contributed by atoms with Gasteiger partial charge in [-0.05, 0) is 6.92 Å². The quantitative estimate of drug-likeness (QED) is 0.822. The van der Waals surface area contributed by atoms with E-state index >= 15 is 0 Å². The summed E-state index contributed by atoms with van der Waals surface area (Å²) in [5.41, 5.74) is 1.35. The van der Waals surface area contributed by atoms with Gasteiger partial charge in [-0.1, -0.05) is 0 Å². The van der Waals surface area contributed by atoms with Crippen LogP contribution in [0.5, 0.6) is 0 Å². The lowest BCUT2D eigenvalue weighted by Gasteiger charge is -2.07. The van der Waals surface area contributed by atoms with E-state index in [1.165, 1.54) is 0 Å². The van der Waals surface area contributed by atoms with Gasteiger partial charge < -0.3 is 5.32 Å². The smallest absolute Gasteiger partial charge is 0.382 e. The number of hydrogen-bond donors (Lipinski definition) is 1.